The van der Waals surface area contributed by atoms with Crippen molar-refractivity contribution in [1.29, 1.82) is 0 Å². The van der Waals surface area contributed by atoms with Crippen molar-refractivity contribution in [2.45, 2.75) is 13.1 Å². The lowest BCUT2D eigenvalue weighted by molar-refractivity contribution is 0.0945. The lowest BCUT2D eigenvalue weighted by atomic mass is 10.1. The molecule has 0 unspecified atom stereocenters. The third-order valence-corrected chi connectivity index (χ3v) is 4.64. The molecule has 0 spiro atoms. The average molecular weight is 337 g/mol. The molecule has 0 saturated carbocycles. The number of hydrogen-bond acceptors (Lipinski definition) is 4. The molecule has 7 heteroatoms. The van der Waals surface area contributed by atoms with Crippen molar-refractivity contribution < 1.29 is 4.79 Å². The van der Waals surface area contributed by atoms with E-state index >= 15 is 0 Å². The Morgan fingerprint density at radius 3 is 3.00 bits per heavy atom. The van der Waals surface area contributed by atoms with Crippen LogP contribution in [0.5, 0.6) is 0 Å². The zero-order chi connectivity index (χ0) is 16.4. The normalized spacial score (nSPS) is 11.0. The van der Waals surface area contributed by atoms with Crippen LogP contribution >= 0.6 is 11.3 Å². The molecule has 120 valence electrons. The Morgan fingerprint density at radius 2 is 2.12 bits per heavy atom. The molecular formula is C17H15N5OS. The van der Waals surface area contributed by atoms with Crippen LogP contribution in [0.4, 0.5) is 0 Å². The summed E-state index contributed by atoms with van der Waals surface area (Å²) in [5, 5.41) is 4.82. The van der Waals surface area contributed by atoms with Crippen molar-refractivity contribution in [3.8, 4) is 0 Å². The van der Waals surface area contributed by atoms with Crippen LogP contribution in [0.25, 0.3) is 4.83 Å². The van der Waals surface area contributed by atoms with Gasteiger partial charge < -0.3 is 9.88 Å². The highest BCUT2D eigenvalue weighted by Crippen LogP contribution is 2.15. The van der Waals surface area contributed by atoms with Crippen LogP contribution in [-0.4, -0.2) is 24.8 Å². The summed E-state index contributed by atoms with van der Waals surface area (Å²) < 4.78 is 3.81. The molecule has 0 aliphatic heterocycles. The van der Waals surface area contributed by atoms with Gasteiger partial charge in [-0.1, -0.05) is 24.3 Å². The summed E-state index contributed by atoms with van der Waals surface area (Å²) in [6.07, 6.45) is 8.90. The van der Waals surface area contributed by atoms with E-state index in [-0.39, 0.29) is 5.91 Å². The minimum atomic E-state index is -0.0979. The van der Waals surface area contributed by atoms with Crippen molar-refractivity contribution >= 4 is 22.1 Å². The van der Waals surface area contributed by atoms with Gasteiger partial charge in [0.2, 0.25) is 0 Å². The Hall–Kier alpha value is -2.93. The third-order valence-electron chi connectivity index (χ3n) is 3.76. The maximum Gasteiger partial charge on any atom is 0.269 e. The molecule has 4 rings (SSSR count). The van der Waals surface area contributed by atoms with Gasteiger partial charge in [0.05, 0.1) is 12.5 Å². The first kappa shape index (κ1) is 14.6. The molecular weight excluding hydrogens is 322 g/mol. The van der Waals surface area contributed by atoms with Crippen molar-refractivity contribution in [3.05, 3.63) is 77.7 Å². The van der Waals surface area contributed by atoms with Crippen molar-refractivity contribution in [2.24, 2.45) is 0 Å². The van der Waals surface area contributed by atoms with Gasteiger partial charge in [-0.05, 0) is 11.1 Å². The first-order chi connectivity index (χ1) is 11.8. The Bertz CT molecular complexity index is 970. The summed E-state index contributed by atoms with van der Waals surface area (Å²) in [6.45, 7) is 1.25. The summed E-state index contributed by atoms with van der Waals surface area (Å²) in [6, 6.07) is 8.18. The van der Waals surface area contributed by atoms with Gasteiger partial charge in [0.15, 0.2) is 0 Å². The fraction of sp³-hybridized carbons (Fsp3) is 0.118. The molecule has 0 aliphatic carbocycles. The second-order valence-electron chi connectivity index (χ2n) is 5.46. The van der Waals surface area contributed by atoms with Crippen LogP contribution < -0.4 is 5.32 Å². The highest BCUT2D eigenvalue weighted by molar-refractivity contribution is 7.15. The standard InChI is InChI=1S/C17H15N5OS/c23-17(15-10-24-16-8-19-12-22(15)16)20-7-13-2-1-3-14(6-13)9-21-5-4-18-11-21/h1-6,8,10-12H,7,9H2,(H,20,23). The smallest absolute Gasteiger partial charge is 0.269 e. The van der Waals surface area contributed by atoms with E-state index in [1.165, 1.54) is 16.9 Å². The zero-order valence-electron chi connectivity index (χ0n) is 12.8. The molecule has 4 aromatic rings. The highest BCUT2D eigenvalue weighted by Gasteiger charge is 2.11. The molecule has 0 radical (unpaired) electrons. The zero-order valence-corrected chi connectivity index (χ0v) is 13.6. The van der Waals surface area contributed by atoms with Gasteiger partial charge in [-0.3, -0.25) is 9.20 Å². The fourth-order valence-electron chi connectivity index (χ4n) is 2.59. The van der Waals surface area contributed by atoms with Crippen LogP contribution in [-0.2, 0) is 13.1 Å². The molecule has 0 bridgehead atoms. The fourth-order valence-corrected chi connectivity index (χ4v) is 3.42. The minimum absolute atomic E-state index is 0.0979. The van der Waals surface area contributed by atoms with E-state index in [0.717, 1.165) is 16.9 Å². The number of imidazole rings is 2. The first-order valence-corrected chi connectivity index (χ1v) is 8.39. The molecule has 0 fully saturated rings. The number of fused-ring (bicyclic) bond motifs is 1. The Balaban J connectivity index is 1.44. The summed E-state index contributed by atoms with van der Waals surface area (Å²) in [4.78, 5) is 21.4. The number of hydrogen-bond donors (Lipinski definition) is 1. The van der Waals surface area contributed by atoms with Crippen LogP contribution in [0.15, 0.2) is 60.9 Å². The molecule has 0 saturated heterocycles. The van der Waals surface area contributed by atoms with E-state index in [4.69, 9.17) is 0 Å². The van der Waals surface area contributed by atoms with Crippen LogP contribution in [0.1, 0.15) is 21.6 Å². The molecule has 1 N–H and O–H groups in total. The third kappa shape index (κ3) is 2.93. The molecule has 3 heterocycles. The van der Waals surface area contributed by atoms with Crippen LogP contribution in [0.2, 0.25) is 0 Å². The lowest BCUT2D eigenvalue weighted by Crippen LogP contribution is -2.24. The van der Waals surface area contributed by atoms with Crippen molar-refractivity contribution in [3.63, 3.8) is 0 Å². The van der Waals surface area contributed by atoms with Gasteiger partial charge in [0.25, 0.3) is 5.91 Å². The Labute approximate surface area is 142 Å². The second-order valence-corrected chi connectivity index (χ2v) is 6.35. The summed E-state index contributed by atoms with van der Waals surface area (Å²) in [5.74, 6) is -0.0979. The Morgan fingerprint density at radius 1 is 1.21 bits per heavy atom. The molecule has 0 aliphatic rings. The number of rotatable bonds is 5. The van der Waals surface area contributed by atoms with Crippen molar-refractivity contribution in [1.82, 2.24) is 24.3 Å². The van der Waals surface area contributed by atoms with Gasteiger partial charge in [-0.25, -0.2) is 9.97 Å². The van der Waals surface area contributed by atoms with Crippen LogP contribution in [0, 0.1) is 0 Å². The lowest BCUT2D eigenvalue weighted by Gasteiger charge is -2.08. The number of carbonyl (C=O) groups is 1. The average Bonchev–Trinajstić information content (AvgIpc) is 3.30. The largest absolute Gasteiger partial charge is 0.347 e. The van der Waals surface area contributed by atoms with Gasteiger partial charge in [0, 0.05) is 30.9 Å². The molecule has 1 amide bonds. The number of aromatic nitrogens is 4. The van der Waals surface area contributed by atoms with Gasteiger partial charge >= 0.3 is 0 Å². The van der Waals surface area contributed by atoms with E-state index in [0.29, 0.717) is 12.2 Å². The molecule has 3 aromatic heterocycles. The van der Waals surface area contributed by atoms with Crippen molar-refractivity contribution in [2.75, 3.05) is 0 Å². The van der Waals surface area contributed by atoms with E-state index in [1.807, 2.05) is 28.3 Å². The van der Waals surface area contributed by atoms with Gasteiger partial charge in [-0.15, -0.1) is 11.3 Å². The van der Waals surface area contributed by atoms with E-state index < -0.39 is 0 Å². The number of amides is 1. The van der Waals surface area contributed by atoms with Crippen LogP contribution in [0.3, 0.4) is 0 Å². The molecule has 6 nitrogen and oxygen atoms in total. The number of nitrogens with zero attached hydrogens (tertiary/aromatic N) is 4. The number of benzene rings is 1. The maximum atomic E-state index is 12.4. The minimum Gasteiger partial charge on any atom is -0.347 e. The molecule has 1 aromatic carbocycles. The number of thiazole rings is 1. The van der Waals surface area contributed by atoms with Gasteiger partial charge in [-0.2, -0.15) is 0 Å². The molecule has 0 atom stereocenters. The first-order valence-electron chi connectivity index (χ1n) is 7.51. The quantitative estimate of drug-likeness (QED) is 0.609. The topological polar surface area (TPSA) is 64.2 Å². The number of nitrogens with one attached hydrogen (secondary N) is 1. The van der Waals surface area contributed by atoms with E-state index in [2.05, 4.69) is 27.4 Å². The maximum absolute atomic E-state index is 12.4. The predicted molar refractivity (Wildman–Crippen MR) is 92.0 cm³/mol. The van der Waals surface area contributed by atoms with E-state index in [1.54, 1.807) is 29.4 Å². The SMILES string of the molecule is O=C(NCc1cccc(Cn2ccnc2)c1)c1csc2cncn12. The predicted octanol–water partition coefficient (Wildman–Crippen LogP) is 2.57. The summed E-state index contributed by atoms with van der Waals surface area (Å²) in [5.41, 5.74) is 2.85. The number of carbonyl (C=O) groups excluding carboxylic acids is 1. The van der Waals surface area contributed by atoms with Gasteiger partial charge in [0.1, 0.15) is 16.9 Å². The Kier molecular flexibility index (Phi) is 3.84. The summed E-state index contributed by atoms with van der Waals surface area (Å²) >= 11 is 1.51. The van der Waals surface area contributed by atoms with E-state index in [9.17, 15) is 4.79 Å². The second kappa shape index (κ2) is 6.29. The highest BCUT2D eigenvalue weighted by atomic mass is 32.1. The summed E-state index contributed by atoms with van der Waals surface area (Å²) in [7, 11) is 0. The molecule has 24 heavy (non-hydrogen) atoms. The monoisotopic (exact) mass is 337 g/mol.